The zero-order valence-corrected chi connectivity index (χ0v) is 28.7. The largest absolute Gasteiger partial charge is 0.467 e. The van der Waals surface area contributed by atoms with E-state index in [2.05, 4.69) is 20.8 Å². The molecule has 0 amide bonds. The molecule has 0 radical (unpaired) electrons. The van der Waals surface area contributed by atoms with Gasteiger partial charge in [-0.25, -0.2) is 4.79 Å². The average molecular weight is 641 g/mol. The van der Waals surface area contributed by atoms with Gasteiger partial charge >= 0.3 is 5.97 Å². The maximum atomic E-state index is 13.2. The van der Waals surface area contributed by atoms with Gasteiger partial charge in [-0.15, -0.1) is 0 Å². The molecule has 11 heteroatoms. The molecule has 0 aliphatic rings. The summed E-state index contributed by atoms with van der Waals surface area (Å²) in [7, 11) is -1.26. The Morgan fingerprint density at radius 1 is 0.833 bits per heavy atom. The zero-order valence-electron chi connectivity index (χ0n) is 26.1. The van der Waals surface area contributed by atoms with Crippen LogP contribution in [-0.2, 0) is 45.0 Å². The molecule has 0 heterocycles. The summed E-state index contributed by atoms with van der Waals surface area (Å²) in [6.07, 6.45) is -5.77. The van der Waals surface area contributed by atoms with E-state index in [0.717, 1.165) is 11.1 Å². The number of aliphatic hydroxyl groups is 1. The van der Waals surface area contributed by atoms with Crippen LogP contribution in [0, 0.1) is 0 Å². The molecule has 0 unspecified atom stereocenters. The Hall–Kier alpha value is -1.41. The molecular formula is C31H48O8S2Si. The minimum atomic E-state index is -2.55. The van der Waals surface area contributed by atoms with Gasteiger partial charge in [-0.3, -0.25) is 8.37 Å². The van der Waals surface area contributed by atoms with E-state index in [9.17, 15) is 9.90 Å². The molecule has 0 saturated carbocycles. The van der Waals surface area contributed by atoms with Crippen molar-refractivity contribution in [3.8, 4) is 0 Å². The van der Waals surface area contributed by atoms with Gasteiger partial charge in [-0.05, 0) is 53.3 Å². The summed E-state index contributed by atoms with van der Waals surface area (Å²) in [6, 6.07) is 19.3. The summed E-state index contributed by atoms with van der Waals surface area (Å²) in [5, 5.41) is 11.8. The maximum Gasteiger partial charge on any atom is 0.336 e. The molecule has 236 valence electrons. The first-order valence-corrected chi connectivity index (χ1v) is 19.0. The predicted molar refractivity (Wildman–Crippen MR) is 172 cm³/mol. The Kier molecular flexibility index (Phi) is 16.1. The molecule has 0 aliphatic heterocycles. The summed E-state index contributed by atoms with van der Waals surface area (Å²) in [5.74, 6) is 0.644. The fourth-order valence-electron chi connectivity index (χ4n) is 3.69. The number of rotatable bonds is 19. The number of esters is 1. The predicted octanol–water partition coefficient (Wildman–Crippen LogP) is 6.78. The van der Waals surface area contributed by atoms with Crippen LogP contribution in [0.1, 0.15) is 45.7 Å². The number of ether oxygens (including phenoxy) is 3. The van der Waals surface area contributed by atoms with Crippen molar-refractivity contribution in [2.75, 3.05) is 18.6 Å². The van der Waals surface area contributed by atoms with Gasteiger partial charge in [-0.2, -0.15) is 0 Å². The molecule has 0 aromatic heterocycles. The highest BCUT2D eigenvalue weighted by Gasteiger charge is 2.48. The molecule has 0 fully saturated rings. The molecule has 1 N–H and O–H groups in total. The molecule has 2 aromatic rings. The number of carbonyl (C=O) groups excluding carboxylic acids is 1. The summed E-state index contributed by atoms with van der Waals surface area (Å²) in [4.78, 5) is 13.2. The second kappa shape index (κ2) is 18.4. The van der Waals surface area contributed by atoms with E-state index in [0.29, 0.717) is 11.5 Å². The van der Waals surface area contributed by atoms with Crippen molar-refractivity contribution in [2.45, 2.75) is 96.7 Å². The Morgan fingerprint density at radius 2 is 1.29 bits per heavy atom. The first-order valence-electron chi connectivity index (χ1n) is 14.3. The first-order chi connectivity index (χ1) is 19.9. The van der Waals surface area contributed by atoms with E-state index in [1.165, 1.54) is 31.2 Å². The second-order valence-corrected chi connectivity index (χ2v) is 18.0. The highest BCUT2D eigenvalue weighted by molar-refractivity contribution is 7.95. The molecule has 2 rings (SSSR count). The van der Waals surface area contributed by atoms with Crippen LogP contribution in [0.25, 0.3) is 0 Å². The molecule has 2 aromatic carbocycles. The standard InChI is InChI=1S/C31H48O8S2Si/c1-9-40-37-30(38-41-10-2)28(36-22-24-19-15-12-16-20-24)26(35-21-23-17-13-11-14-18-23)25(32)27(29(33)34-6)39-42(7,8)31(3,4)5/h11-20,25-28,30,32H,9-10,21-22H2,1-8H3/t25-,26+,27-,28-/m1/s1. The van der Waals surface area contributed by atoms with E-state index in [4.69, 9.17) is 27.0 Å². The third kappa shape index (κ3) is 11.6. The fourth-order valence-corrected chi connectivity index (χ4v) is 5.80. The average Bonchev–Trinajstić information content (AvgIpc) is 2.97. The summed E-state index contributed by atoms with van der Waals surface area (Å²) in [6.45, 7) is 14.5. The third-order valence-electron chi connectivity index (χ3n) is 7.03. The molecule has 0 aliphatic carbocycles. The van der Waals surface area contributed by atoms with E-state index >= 15 is 0 Å². The topological polar surface area (TPSA) is 92.7 Å². The molecule has 0 saturated heterocycles. The van der Waals surface area contributed by atoms with Crippen LogP contribution in [0.15, 0.2) is 60.7 Å². The number of benzene rings is 2. The minimum absolute atomic E-state index is 0.149. The first kappa shape index (κ1) is 36.8. The van der Waals surface area contributed by atoms with E-state index < -0.39 is 45.0 Å². The zero-order chi connectivity index (χ0) is 31.2. The Morgan fingerprint density at radius 3 is 1.69 bits per heavy atom. The van der Waals surface area contributed by atoms with Crippen molar-refractivity contribution in [3.05, 3.63) is 71.8 Å². The van der Waals surface area contributed by atoms with E-state index in [-0.39, 0.29) is 18.3 Å². The lowest BCUT2D eigenvalue weighted by Crippen LogP contribution is -2.58. The van der Waals surface area contributed by atoms with Gasteiger partial charge in [0.05, 0.1) is 20.3 Å². The maximum absolute atomic E-state index is 13.2. The molecule has 8 nitrogen and oxygen atoms in total. The normalized spacial score (nSPS) is 15.3. The van der Waals surface area contributed by atoms with Crippen LogP contribution < -0.4 is 0 Å². The fraction of sp³-hybridized carbons (Fsp3) is 0.581. The molecule has 0 spiro atoms. The van der Waals surface area contributed by atoms with E-state index in [1.54, 1.807) is 0 Å². The molecule has 0 bridgehead atoms. The number of carbonyl (C=O) groups is 1. The lowest BCUT2D eigenvalue weighted by Gasteiger charge is -2.42. The van der Waals surface area contributed by atoms with Crippen molar-refractivity contribution in [2.24, 2.45) is 0 Å². The number of hydrogen-bond donors (Lipinski definition) is 1. The van der Waals surface area contributed by atoms with Gasteiger partial charge in [0.15, 0.2) is 14.4 Å². The van der Waals surface area contributed by atoms with Crippen LogP contribution in [0.5, 0.6) is 0 Å². The number of hydrogen-bond acceptors (Lipinski definition) is 10. The number of aliphatic hydroxyl groups excluding tert-OH is 1. The van der Waals surface area contributed by atoms with Gasteiger partial charge in [0.1, 0.15) is 18.3 Å². The van der Waals surface area contributed by atoms with E-state index in [1.807, 2.05) is 87.6 Å². The number of methoxy groups -OCH3 is 1. The van der Waals surface area contributed by atoms with Crippen LogP contribution in [-0.4, -0.2) is 68.7 Å². The monoisotopic (exact) mass is 640 g/mol. The smallest absolute Gasteiger partial charge is 0.336 e. The van der Waals surface area contributed by atoms with Gasteiger partial charge in [0.2, 0.25) is 6.29 Å². The summed E-state index contributed by atoms with van der Waals surface area (Å²) in [5.41, 5.74) is 1.81. The van der Waals surface area contributed by atoms with Gasteiger partial charge in [0, 0.05) is 11.5 Å². The van der Waals surface area contributed by atoms with Gasteiger partial charge < -0.3 is 23.7 Å². The highest BCUT2D eigenvalue weighted by atomic mass is 32.2. The molecular weight excluding hydrogens is 593 g/mol. The second-order valence-electron chi connectivity index (χ2n) is 11.2. The Labute approximate surface area is 261 Å². The lowest BCUT2D eigenvalue weighted by molar-refractivity contribution is -0.209. The Balaban J connectivity index is 2.57. The third-order valence-corrected chi connectivity index (χ3v) is 12.6. The summed E-state index contributed by atoms with van der Waals surface area (Å²) >= 11 is 2.44. The molecule has 4 atom stereocenters. The molecule has 42 heavy (non-hydrogen) atoms. The quantitative estimate of drug-likeness (QED) is 0.0767. The van der Waals surface area contributed by atoms with Crippen molar-refractivity contribution in [1.29, 1.82) is 0 Å². The van der Waals surface area contributed by atoms with Crippen molar-refractivity contribution >= 4 is 38.4 Å². The SMILES string of the molecule is CCSOC(OSCC)[C@H](OCc1ccccc1)[C@@H](OCc1ccccc1)[C@@H](O)[C@@H](O[Si](C)(C)C(C)(C)C)C(=O)OC. The van der Waals surface area contributed by atoms with Crippen molar-refractivity contribution in [3.63, 3.8) is 0 Å². The van der Waals surface area contributed by atoms with Crippen LogP contribution in [0.2, 0.25) is 18.1 Å². The highest BCUT2D eigenvalue weighted by Crippen LogP contribution is 2.38. The Bertz CT molecular complexity index is 1010. The van der Waals surface area contributed by atoms with Gasteiger partial charge in [0.25, 0.3) is 0 Å². The van der Waals surface area contributed by atoms with Crippen LogP contribution in [0.3, 0.4) is 0 Å². The van der Waals surface area contributed by atoms with Crippen molar-refractivity contribution < 1.29 is 36.9 Å². The lowest BCUT2D eigenvalue weighted by atomic mass is 10.0. The van der Waals surface area contributed by atoms with Gasteiger partial charge in [-0.1, -0.05) is 95.3 Å². The van der Waals surface area contributed by atoms with Crippen molar-refractivity contribution in [1.82, 2.24) is 0 Å². The summed E-state index contributed by atoms with van der Waals surface area (Å²) < 4.78 is 36.6. The van der Waals surface area contributed by atoms with Crippen LogP contribution >= 0.6 is 24.1 Å². The van der Waals surface area contributed by atoms with Crippen LogP contribution in [0.4, 0.5) is 0 Å². The minimum Gasteiger partial charge on any atom is -0.467 e.